The summed E-state index contributed by atoms with van der Waals surface area (Å²) in [6.07, 6.45) is 0. The van der Waals surface area contributed by atoms with Gasteiger partial charge < -0.3 is 0 Å². The number of halogens is 1. The molecule has 0 radical (unpaired) electrons. The SMILES string of the molecule is O=c1c2ccccc2n2nnnc2n1-c1ccc(Br)cc1. The topological polar surface area (TPSA) is 65.1 Å². The Morgan fingerprint density at radius 2 is 1.76 bits per heavy atom. The molecule has 0 aliphatic heterocycles. The van der Waals surface area contributed by atoms with E-state index in [0.29, 0.717) is 22.4 Å². The molecule has 0 atom stereocenters. The highest BCUT2D eigenvalue weighted by molar-refractivity contribution is 9.10. The highest BCUT2D eigenvalue weighted by Crippen LogP contribution is 2.17. The summed E-state index contributed by atoms with van der Waals surface area (Å²) in [7, 11) is 0. The van der Waals surface area contributed by atoms with Crippen molar-refractivity contribution in [1.29, 1.82) is 0 Å². The van der Waals surface area contributed by atoms with E-state index in [9.17, 15) is 4.79 Å². The lowest BCUT2D eigenvalue weighted by Gasteiger charge is -2.09. The molecule has 0 aliphatic carbocycles. The second-order valence-corrected chi connectivity index (χ2v) is 5.44. The van der Waals surface area contributed by atoms with E-state index in [1.54, 1.807) is 10.6 Å². The summed E-state index contributed by atoms with van der Waals surface area (Å²) in [6.45, 7) is 0. The van der Waals surface area contributed by atoms with Crippen molar-refractivity contribution in [3.8, 4) is 5.69 Å². The van der Waals surface area contributed by atoms with Crippen molar-refractivity contribution in [1.82, 2.24) is 24.6 Å². The number of hydrogen-bond acceptors (Lipinski definition) is 4. The lowest BCUT2D eigenvalue weighted by molar-refractivity contribution is 0.836. The summed E-state index contributed by atoms with van der Waals surface area (Å²) in [6, 6.07) is 14.7. The largest absolute Gasteiger partial charge is 0.268 e. The van der Waals surface area contributed by atoms with Crippen molar-refractivity contribution in [3.63, 3.8) is 0 Å². The predicted octanol–water partition coefficient (Wildman–Crippen LogP) is 2.19. The predicted molar refractivity (Wildman–Crippen MR) is 81.6 cm³/mol. The Labute approximate surface area is 126 Å². The molecule has 0 bridgehead atoms. The first kappa shape index (κ1) is 12.2. The number of para-hydroxylation sites is 1. The zero-order valence-corrected chi connectivity index (χ0v) is 12.2. The summed E-state index contributed by atoms with van der Waals surface area (Å²) in [5, 5.41) is 12.2. The average molecular weight is 342 g/mol. The van der Waals surface area contributed by atoms with Crippen molar-refractivity contribution < 1.29 is 0 Å². The molecule has 0 N–H and O–H groups in total. The first-order valence-corrected chi connectivity index (χ1v) is 7.03. The second kappa shape index (κ2) is 4.49. The first-order chi connectivity index (χ1) is 10.3. The van der Waals surface area contributed by atoms with Crippen LogP contribution in [0.15, 0.2) is 57.8 Å². The van der Waals surface area contributed by atoms with Crippen molar-refractivity contribution in [2.75, 3.05) is 0 Å². The standard InChI is InChI=1S/C14H8BrN5O/c15-9-5-7-10(8-6-9)19-13(21)11-3-1-2-4-12(11)20-14(19)16-17-18-20/h1-8H. The Hall–Kier alpha value is -2.54. The molecule has 2 heterocycles. The van der Waals surface area contributed by atoms with Crippen LogP contribution in [0.5, 0.6) is 0 Å². The van der Waals surface area contributed by atoms with E-state index in [-0.39, 0.29) is 5.56 Å². The van der Waals surface area contributed by atoms with Gasteiger partial charge in [0.1, 0.15) is 0 Å². The lowest BCUT2D eigenvalue weighted by Crippen LogP contribution is -2.21. The van der Waals surface area contributed by atoms with E-state index in [4.69, 9.17) is 0 Å². The fourth-order valence-electron chi connectivity index (χ4n) is 2.35. The highest BCUT2D eigenvalue weighted by Gasteiger charge is 2.14. The highest BCUT2D eigenvalue weighted by atomic mass is 79.9. The van der Waals surface area contributed by atoms with Gasteiger partial charge in [-0.3, -0.25) is 4.79 Å². The average Bonchev–Trinajstić information content (AvgIpc) is 2.99. The van der Waals surface area contributed by atoms with Gasteiger partial charge in [0, 0.05) is 4.47 Å². The molecule has 0 fully saturated rings. The quantitative estimate of drug-likeness (QED) is 0.532. The Bertz CT molecular complexity index is 1020. The molecule has 21 heavy (non-hydrogen) atoms. The molecule has 0 unspecified atom stereocenters. The normalized spacial score (nSPS) is 11.3. The fourth-order valence-corrected chi connectivity index (χ4v) is 2.62. The molecule has 102 valence electrons. The molecule has 0 amide bonds. The molecular weight excluding hydrogens is 334 g/mol. The number of nitrogens with zero attached hydrogens (tertiary/aromatic N) is 5. The maximum Gasteiger partial charge on any atom is 0.267 e. The molecule has 4 aromatic rings. The van der Waals surface area contributed by atoms with Crippen LogP contribution in [-0.2, 0) is 0 Å². The molecule has 0 saturated carbocycles. The summed E-state index contributed by atoms with van der Waals surface area (Å²) < 4.78 is 4.02. The van der Waals surface area contributed by atoms with Crippen LogP contribution in [0, 0.1) is 0 Å². The maximum absolute atomic E-state index is 12.8. The molecule has 6 nitrogen and oxygen atoms in total. The molecule has 4 rings (SSSR count). The van der Waals surface area contributed by atoms with Gasteiger partial charge in [-0.15, -0.1) is 0 Å². The van der Waals surface area contributed by atoms with Crippen LogP contribution < -0.4 is 5.56 Å². The lowest BCUT2D eigenvalue weighted by atomic mass is 10.2. The van der Waals surface area contributed by atoms with Crippen LogP contribution in [0.1, 0.15) is 0 Å². The minimum atomic E-state index is -0.143. The van der Waals surface area contributed by atoms with E-state index < -0.39 is 0 Å². The zero-order valence-electron chi connectivity index (χ0n) is 10.6. The zero-order chi connectivity index (χ0) is 14.4. The van der Waals surface area contributed by atoms with E-state index in [1.807, 2.05) is 42.5 Å². The third-order valence-corrected chi connectivity index (χ3v) is 3.83. The van der Waals surface area contributed by atoms with Crippen LogP contribution in [0.3, 0.4) is 0 Å². The Morgan fingerprint density at radius 3 is 2.57 bits per heavy atom. The fraction of sp³-hybridized carbons (Fsp3) is 0. The molecule has 0 aliphatic rings. The van der Waals surface area contributed by atoms with Gasteiger partial charge in [0.15, 0.2) is 0 Å². The molecule has 7 heteroatoms. The molecule has 0 spiro atoms. The minimum absolute atomic E-state index is 0.143. The number of fused-ring (bicyclic) bond motifs is 3. The number of benzene rings is 2. The Kier molecular flexibility index (Phi) is 2.61. The van der Waals surface area contributed by atoms with Crippen LogP contribution in [0.25, 0.3) is 22.4 Å². The summed E-state index contributed by atoms with van der Waals surface area (Å²) in [4.78, 5) is 12.8. The van der Waals surface area contributed by atoms with Crippen molar-refractivity contribution in [2.24, 2.45) is 0 Å². The smallest absolute Gasteiger partial charge is 0.267 e. The van der Waals surface area contributed by atoms with Crippen LogP contribution in [0.2, 0.25) is 0 Å². The van der Waals surface area contributed by atoms with E-state index in [1.165, 1.54) is 4.57 Å². The summed E-state index contributed by atoms with van der Waals surface area (Å²) >= 11 is 3.39. The van der Waals surface area contributed by atoms with Gasteiger partial charge in [0.05, 0.1) is 16.6 Å². The van der Waals surface area contributed by atoms with Gasteiger partial charge in [-0.1, -0.05) is 33.2 Å². The van der Waals surface area contributed by atoms with Crippen molar-refractivity contribution in [3.05, 3.63) is 63.4 Å². The molecule has 0 saturated heterocycles. The van der Waals surface area contributed by atoms with Gasteiger partial charge in [0.2, 0.25) is 0 Å². The number of rotatable bonds is 1. The Balaban J connectivity index is 2.21. The van der Waals surface area contributed by atoms with Crippen LogP contribution in [-0.4, -0.2) is 24.6 Å². The third-order valence-electron chi connectivity index (χ3n) is 3.30. The Morgan fingerprint density at radius 1 is 1.00 bits per heavy atom. The van der Waals surface area contributed by atoms with Gasteiger partial charge in [0.25, 0.3) is 11.3 Å². The van der Waals surface area contributed by atoms with E-state index in [0.717, 1.165) is 4.47 Å². The van der Waals surface area contributed by atoms with Crippen molar-refractivity contribution in [2.45, 2.75) is 0 Å². The summed E-state index contributed by atoms with van der Waals surface area (Å²) in [5.74, 6) is 0.390. The van der Waals surface area contributed by atoms with Gasteiger partial charge >= 0.3 is 0 Å². The number of tetrazole rings is 1. The monoisotopic (exact) mass is 341 g/mol. The second-order valence-electron chi connectivity index (χ2n) is 4.52. The minimum Gasteiger partial charge on any atom is -0.268 e. The van der Waals surface area contributed by atoms with Gasteiger partial charge in [-0.25, -0.2) is 4.57 Å². The van der Waals surface area contributed by atoms with E-state index in [2.05, 4.69) is 31.5 Å². The number of hydrogen-bond donors (Lipinski definition) is 0. The van der Waals surface area contributed by atoms with E-state index >= 15 is 0 Å². The first-order valence-electron chi connectivity index (χ1n) is 6.23. The van der Waals surface area contributed by atoms with Crippen LogP contribution in [0.4, 0.5) is 0 Å². The molecule has 2 aromatic carbocycles. The maximum atomic E-state index is 12.8. The van der Waals surface area contributed by atoms with Crippen LogP contribution >= 0.6 is 15.9 Å². The molecule has 2 aromatic heterocycles. The molecular formula is C14H8BrN5O. The van der Waals surface area contributed by atoms with Gasteiger partial charge in [-0.2, -0.15) is 4.52 Å². The number of aromatic nitrogens is 5. The third kappa shape index (κ3) is 1.78. The van der Waals surface area contributed by atoms with Crippen molar-refractivity contribution >= 4 is 32.6 Å². The van der Waals surface area contributed by atoms with Gasteiger partial charge in [-0.05, 0) is 46.8 Å². The summed E-state index contributed by atoms with van der Waals surface area (Å²) in [5.41, 5.74) is 1.26.